The van der Waals surface area contributed by atoms with E-state index in [-0.39, 0.29) is 6.61 Å². The minimum atomic E-state index is -4.82. The summed E-state index contributed by atoms with van der Waals surface area (Å²) in [6.45, 7) is 3.49. The van der Waals surface area contributed by atoms with E-state index in [2.05, 4.69) is 11.6 Å². The zero-order valence-electron chi connectivity index (χ0n) is 17.0. The lowest BCUT2D eigenvalue weighted by Gasteiger charge is -2.41. The van der Waals surface area contributed by atoms with Gasteiger partial charge in [0.15, 0.2) is 11.3 Å². The number of benzene rings is 1. The first-order chi connectivity index (χ1) is 14.6. The topological polar surface area (TPSA) is 83.8 Å². The van der Waals surface area contributed by atoms with Crippen LogP contribution in [0.2, 0.25) is 0 Å². The van der Waals surface area contributed by atoms with Crippen LogP contribution in [0.4, 0.5) is 13.2 Å². The maximum Gasteiger partial charge on any atom is 0.417 e. The molecule has 1 aromatic carbocycles. The van der Waals surface area contributed by atoms with Crippen molar-refractivity contribution in [3.63, 3.8) is 0 Å². The van der Waals surface area contributed by atoms with Crippen LogP contribution in [0.5, 0.6) is 5.75 Å². The molecule has 0 radical (unpaired) electrons. The fourth-order valence-electron chi connectivity index (χ4n) is 3.24. The van der Waals surface area contributed by atoms with Crippen molar-refractivity contribution in [2.24, 2.45) is 4.99 Å². The molecule has 6 atom stereocenters. The largest absolute Gasteiger partial charge is 0.490 e. The third-order valence-electron chi connectivity index (χ3n) is 4.81. The summed E-state index contributed by atoms with van der Waals surface area (Å²) < 4.78 is 57.4. The molecule has 1 aromatic rings. The van der Waals surface area contributed by atoms with Crippen LogP contribution in [0, 0.1) is 0 Å². The maximum absolute atomic E-state index is 13.8. The maximum atomic E-state index is 13.8. The lowest BCUT2D eigenvalue weighted by atomic mass is 9.94. The van der Waals surface area contributed by atoms with Crippen LogP contribution in [-0.2, 0) is 16.1 Å². The van der Waals surface area contributed by atoms with Crippen molar-refractivity contribution in [2.45, 2.75) is 48.7 Å². The number of alkyl halides is 3. The molecule has 6 unspecified atom stereocenters. The number of fused-ring (bicyclic) bond motifs is 1. The Morgan fingerprint density at radius 1 is 1.26 bits per heavy atom. The normalized spacial score (nSPS) is 29.1. The third-order valence-corrected chi connectivity index (χ3v) is 6.12. The number of amidine groups is 1. The molecule has 0 aliphatic carbocycles. The molecule has 0 amide bonds. The highest BCUT2D eigenvalue weighted by Gasteiger charge is 2.57. The summed E-state index contributed by atoms with van der Waals surface area (Å²) in [6.07, 6.45) is -10.8. The number of aliphatic imine (C=N–C) groups is 1. The zero-order chi connectivity index (χ0) is 22.8. The molecular weight excluding hydrogens is 437 g/mol. The first-order valence-electron chi connectivity index (χ1n) is 9.56. The zero-order valence-corrected chi connectivity index (χ0v) is 17.8. The Morgan fingerprint density at radius 3 is 2.52 bits per heavy atom. The van der Waals surface area contributed by atoms with Crippen molar-refractivity contribution in [3.8, 4) is 5.75 Å². The Labute approximate surface area is 182 Å². The minimum absolute atomic E-state index is 0.310. The number of rotatable bonds is 7. The number of aliphatic hydroxyl groups is 2. The van der Waals surface area contributed by atoms with Gasteiger partial charge in [0, 0.05) is 14.1 Å². The SMILES string of the molecule is C=CCOc1ccc(COC(C2OC3SC(N(C)C)=NC3C(O)C2O)C(F)(F)F)cc1. The van der Waals surface area contributed by atoms with Crippen LogP contribution in [0.15, 0.2) is 41.9 Å². The monoisotopic (exact) mass is 462 g/mol. The summed E-state index contributed by atoms with van der Waals surface area (Å²) in [4.78, 5) is 5.92. The molecule has 3 rings (SSSR count). The standard InChI is InChI=1S/C20H25F3N2O5S/c1-4-9-28-12-7-5-11(6-8-12)10-29-17(20(21,22)23)16-15(27)14(26)13-18(30-16)31-19(24-13)25(2)3/h4-8,13-18,26-27H,1,9-10H2,2-3H3. The van der Waals surface area contributed by atoms with E-state index in [9.17, 15) is 23.4 Å². The Bertz CT molecular complexity index is 790. The van der Waals surface area contributed by atoms with E-state index in [1.807, 2.05) is 0 Å². The number of hydrogen-bond donors (Lipinski definition) is 2. The molecular formula is C20H25F3N2O5S. The molecule has 2 N–H and O–H groups in total. The van der Waals surface area contributed by atoms with Crippen molar-refractivity contribution in [1.29, 1.82) is 0 Å². The first kappa shape index (κ1) is 23.9. The van der Waals surface area contributed by atoms with Gasteiger partial charge in [-0.15, -0.1) is 0 Å². The molecule has 172 valence electrons. The molecule has 2 aliphatic heterocycles. The van der Waals surface area contributed by atoms with Gasteiger partial charge in [-0.2, -0.15) is 13.2 Å². The lowest BCUT2D eigenvalue weighted by molar-refractivity contribution is -0.286. The third kappa shape index (κ3) is 5.53. The highest BCUT2D eigenvalue weighted by molar-refractivity contribution is 8.14. The predicted molar refractivity (Wildman–Crippen MR) is 110 cm³/mol. The Morgan fingerprint density at radius 2 is 1.94 bits per heavy atom. The van der Waals surface area contributed by atoms with E-state index in [1.54, 1.807) is 49.3 Å². The van der Waals surface area contributed by atoms with Gasteiger partial charge in [0.1, 0.15) is 42.1 Å². The summed E-state index contributed by atoms with van der Waals surface area (Å²) in [7, 11) is 3.44. The fourth-order valence-corrected chi connectivity index (χ4v) is 4.39. The van der Waals surface area contributed by atoms with E-state index < -0.39 is 42.1 Å². The van der Waals surface area contributed by atoms with E-state index in [4.69, 9.17) is 14.2 Å². The van der Waals surface area contributed by atoms with Gasteiger partial charge >= 0.3 is 6.18 Å². The van der Waals surface area contributed by atoms with Crippen molar-refractivity contribution in [1.82, 2.24) is 4.90 Å². The molecule has 2 heterocycles. The summed E-state index contributed by atoms with van der Waals surface area (Å²) in [5, 5.41) is 21.3. The van der Waals surface area contributed by atoms with Gasteiger partial charge in [-0.1, -0.05) is 36.5 Å². The van der Waals surface area contributed by atoms with Crippen molar-refractivity contribution < 1.29 is 37.6 Å². The first-order valence-corrected chi connectivity index (χ1v) is 10.4. The quantitative estimate of drug-likeness (QED) is 0.601. The number of hydrogen-bond acceptors (Lipinski definition) is 8. The Balaban J connectivity index is 1.70. The molecule has 0 spiro atoms. The van der Waals surface area contributed by atoms with Crippen LogP contribution in [0.3, 0.4) is 0 Å². The second-order valence-corrected chi connectivity index (χ2v) is 8.45. The van der Waals surface area contributed by atoms with Gasteiger partial charge in [-0.3, -0.25) is 4.99 Å². The molecule has 0 saturated carbocycles. The lowest BCUT2D eigenvalue weighted by Crippen LogP contribution is -2.61. The highest BCUT2D eigenvalue weighted by atomic mass is 32.2. The minimum Gasteiger partial charge on any atom is -0.490 e. The van der Waals surface area contributed by atoms with Crippen molar-refractivity contribution in [3.05, 3.63) is 42.5 Å². The number of thioether (sulfide) groups is 1. The van der Waals surface area contributed by atoms with E-state index in [1.165, 1.54) is 0 Å². The van der Waals surface area contributed by atoms with Crippen LogP contribution in [-0.4, -0.2) is 83.1 Å². The molecule has 11 heteroatoms. The number of ether oxygens (including phenoxy) is 3. The molecule has 0 bridgehead atoms. The summed E-state index contributed by atoms with van der Waals surface area (Å²) in [6, 6.07) is 5.53. The predicted octanol–water partition coefficient (Wildman–Crippen LogP) is 2.18. The molecule has 0 aromatic heterocycles. The Hall–Kier alpha value is -1.79. The fraction of sp³-hybridized carbons (Fsp3) is 0.550. The van der Waals surface area contributed by atoms with E-state index in [0.29, 0.717) is 23.1 Å². The second-order valence-electron chi connectivity index (χ2n) is 7.38. The van der Waals surface area contributed by atoms with Gasteiger partial charge in [-0.05, 0) is 17.7 Å². The van der Waals surface area contributed by atoms with Crippen LogP contribution in [0.1, 0.15) is 5.56 Å². The van der Waals surface area contributed by atoms with Gasteiger partial charge in [0.05, 0.1) is 6.61 Å². The second kappa shape index (κ2) is 9.78. The van der Waals surface area contributed by atoms with Crippen LogP contribution in [0.25, 0.3) is 0 Å². The smallest absolute Gasteiger partial charge is 0.417 e. The number of nitrogens with zero attached hydrogens (tertiary/aromatic N) is 2. The molecule has 7 nitrogen and oxygen atoms in total. The average molecular weight is 462 g/mol. The summed E-state index contributed by atoms with van der Waals surface area (Å²) in [5.74, 6) is 0.547. The molecule has 1 saturated heterocycles. The van der Waals surface area contributed by atoms with E-state index in [0.717, 1.165) is 11.8 Å². The Kier molecular flexibility index (Phi) is 7.53. The summed E-state index contributed by atoms with van der Waals surface area (Å²) >= 11 is 1.10. The number of halogens is 3. The highest BCUT2D eigenvalue weighted by Crippen LogP contribution is 2.41. The average Bonchev–Trinajstić information content (AvgIpc) is 3.15. The van der Waals surface area contributed by atoms with Crippen LogP contribution < -0.4 is 4.74 Å². The molecule has 1 fully saturated rings. The van der Waals surface area contributed by atoms with Crippen LogP contribution >= 0.6 is 11.8 Å². The number of aliphatic hydroxyl groups excluding tert-OH is 2. The van der Waals surface area contributed by atoms with Gasteiger partial charge in [0.25, 0.3) is 0 Å². The van der Waals surface area contributed by atoms with E-state index >= 15 is 0 Å². The van der Waals surface area contributed by atoms with Gasteiger partial charge < -0.3 is 29.3 Å². The van der Waals surface area contributed by atoms with Gasteiger partial charge in [0.2, 0.25) is 0 Å². The molecule has 2 aliphatic rings. The van der Waals surface area contributed by atoms with Crippen molar-refractivity contribution >= 4 is 16.9 Å². The van der Waals surface area contributed by atoms with Gasteiger partial charge in [-0.25, -0.2) is 0 Å². The molecule has 31 heavy (non-hydrogen) atoms. The van der Waals surface area contributed by atoms with Crippen molar-refractivity contribution in [2.75, 3.05) is 20.7 Å². The summed E-state index contributed by atoms with van der Waals surface area (Å²) in [5.41, 5.74) is -0.368.